The summed E-state index contributed by atoms with van der Waals surface area (Å²) in [6, 6.07) is 12.3. The van der Waals surface area contributed by atoms with Crippen molar-refractivity contribution in [3.05, 3.63) is 48.8 Å². The SMILES string of the molecule is COc1ccc2nc(-c3ccc(N(C)C)cc3)cn2c1. The van der Waals surface area contributed by atoms with E-state index < -0.39 is 0 Å². The van der Waals surface area contributed by atoms with Gasteiger partial charge in [-0.15, -0.1) is 0 Å². The lowest BCUT2D eigenvalue weighted by Gasteiger charge is -2.12. The van der Waals surface area contributed by atoms with Crippen LogP contribution in [0.15, 0.2) is 48.8 Å². The molecule has 0 aliphatic rings. The highest BCUT2D eigenvalue weighted by atomic mass is 16.5. The molecule has 3 rings (SSSR count). The lowest BCUT2D eigenvalue weighted by atomic mass is 10.1. The van der Waals surface area contributed by atoms with Gasteiger partial charge in [-0.2, -0.15) is 0 Å². The van der Waals surface area contributed by atoms with E-state index in [0.717, 1.165) is 22.7 Å². The first-order valence-corrected chi connectivity index (χ1v) is 6.48. The second-order valence-electron chi connectivity index (χ2n) is 4.90. The van der Waals surface area contributed by atoms with Crippen LogP contribution in [0.25, 0.3) is 16.9 Å². The number of hydrogen-bond acceptors (Lipinski definition) is 3. The fourth-order valence-electron chi connectivity index (χ4n) is 2.16. The van der Waals surface area contributed by atoms with Gasteiger partial charge in [0.2, 0.25) is 0 Å². The van der Waals surface area contributed by atoms with E-state index in [1.54, 1.807) is 7.11 Å². The molecule has 4 nitrogen and oxygen atoms in total. The Bertz CT molecular complexity index is 729. The summed E-state index contributed by atoms with van der Waals surface area (Å²) in [5.74, 6) is 0.824. The van der Waals surface area contributed by atoms with Crippen molar-refractivity contribution in [1.82, 2.24) is 9.38 Å². The second-order valence-corrected chi connectivity index (χ2v) is 4.90. The first kappa shape index (κ1) is 12.5. The number of nitrogens with zero attached hydrogens (tertiary/aromatic N) is 3. The van der Waals surface area contributed by atoms with Gasteiger partial charge in [-0.25, -0.2) is 4.98 Å². The van der Waals surface area contributed by atoms with E-state index in [2.05, 4.69) is 34.1 Å². The summed E-state index contributed by atoms with van der Waals surface area (Å²) < 4.78 is 7.21. The number of hydrogen-bond donors (Lipinski definition) is 0. The van der Waals surface area contributed by atoms with Gasteiger partial charge in [0.25, 0.3) is 0 Å². The molecule has 0 bridgehead atoms. The number of rotatable bonds is 3. The molecule has 0 atom stereocenters. The number of imidazole rings is 1. The average Bonchev–Trinajstić information content (AvgIpc) is 2.90. The van der Waals surface area contributed by atoms with Crippen molar-refractivity contribution >= 4 is 11.3 Å². The Labute approximate surface area is 118 Å². The van der Waals surface area contributed by atoms with Gasteiger partial charge >= 0.3 is 0 Å². The van der Waals surface area contributed by atoms with Gasteiger partial charge in [-0.05, 0) is 24.3 Å². The van der Waals surface area contributed by atoms with Crippen molar-refractivity contribution in [2.75, 3.05) is 26.1 Å². The molecule has 20 heavy (non-hydrogen) atoms. The molecule has 0 N–H and O–H groups in total. The number of ether oxygens (including phenoxy) is 1. The van der Waals surface area contributed by atoms with Gasteiger partial charge in [0.05, 0.1) is 19.0 Å². The van der Waals surface area contributed by atoms with Crippen LogP contribution in [-0.2, 0) is 0 Å². The zero-order chi connectivity index (χ0) is 14.1. The third-order valence-corrected chi connectivity index (χ3v) is 3.34. The average molecular weight is 267 g/mol. The summed E-state index contributed by atoms with van der Waals surface area (Å²) in [5.41, 5.74) is 4.17. The number of anilines is 1. The summed E-state index contributed by atoms with van der Waals surface area (Å²) in [6.07, 6.45) is 3.95. The molecule has 0 unspecified atom stereocenters. The molecular formula is C16H17N3O. The minimum Gasteiger partial charge on any atom is -0.495 e. The Hall–Kier alpha value is -2.49. The van der Waals surface area contributed by atoms with Crippen LogP contribution in [0.5, 0.6) is 5.75 Å². The summed E-state index contributed by atoms with van der Waals surface area (Å²) in [5, 5.41) is 0. The van der Waals surface area contributed by atoms with Gasteiger partial charge in [-0.1, -0.05) is 12.1 Å². The largest absolute Gasteiger partial charge is 0.495 e. The minimum atomic E-state index is 0.824. The molecule has 102 valence electrons. The Morgan fingerprint density at radius 3 is 2.40 bits per heavy atom. The Kier molecular flexibility index (Phi) is 3.06. The van der Waals surface area contributed by atoms with Crippen LogP contribution < -0.4 is 9.64 Å². The van der Waals surface area contributed by atoms with E-state index in [4.69, 9.17) is 4.74 Å². The first-order valence-electron chi connectivity index (χ1n) is 6.48. The smallest absolute Gasteiger partial charge is 0.137 e. The molecule has 3 aromatic rings. The van der Waals surface area contributed by atoms with Crippen LogP contribution in [0.2, 0.25) is 0 Å². The molecule has 0 radical (unpaired) electrons. The molecule has 0 aliphatic carbocycles. The van der Waals surface area contributed by atoms with Crippen molar-refractivity contribution in [1.29, 1.82) is 0 Å². The summed E-state index contributed by atoms with van der Waals surface area (Å²) in [4.78, 5) is 6.71. The van der Waals surface area contributed by atoms with E-state index in [0.29, 0.717) is 0 Å². The predicted molar refractivity (Wildman–Crippen MR) is 81.5 cm³/mol. The minimum absolute atomic E-state index is 0.824. The number of benzene rings is 1. The highest BCUT2D eigenvalue weighted by Crippen LogP contribution is 2.23. The van der Waals surface area contributed by atoms with E-state index in [-0.39, 0.29) is 0 Å². The Morgan fingerprint density at radius 2 is 1.75 bits per heavy atom. The maximum absolute atomic E-state index is 5.23. The summed E-state index contributed by atoms with van der Waals surface area (Å²) >= 11 is 0. The quantitative estimate of drug-likeness (QED) is 0.730. The van der Waals surface area contributed by atoms with Crippen molar-refractivity contribution in [3.63, 3.8) is 0 Å². The monoisotopic (exact) mass is 267 g/mol. The van der Waals surface area contributed by atoms with Gasteiger partial charge in [-0.3, -0.25) is 0 Å². The Balaban J connectivity index is 2.01. The lowest BCUT2D eigenvalue weighted by molar-refractivity contribution is 0.412. The highest BCUT2D eigenvalue weighted by Gasteiger charge is 2.05. The number of methoxy groups -OCH3 is 1. The van der Waals surface area contributed by atoms with Crippen molar-refractivity contribution in [2.24, 2.45) is 0 Å². The highest BCUT2D eigenvalue weighted by molar-refractivity contribution is 5.65. The van der Waals surface area contributed by atoms with Crippen LogP contribution in [0.4, 0.5) is 5.69 Å². The third-order valence-electron chi connectivity index (χ3n) is 3.34. The molecule has 0 amide bonds. The molecule has 2 aromatic heterocycles. The van der Waals surface area contributed by atoms with E-state index in [1.807, 2.05) is 43.0 Å². The normalized spacial score (nSPS) is 10.8. The van der Waals surface area contributed by atoms with Crippen LogP contribution in [0.3, 0.4) is 0 Å². The summed E-state index contributed by atoms with van der Waals surface area (Å²) in [6.45, 7) is 0. The van der Waals surface area contributed by atoms with Crippen molar-refractivity contribution in [3.8, 4) is 17.0 Å². The third kappa shape index (κ3) is 2.20. The fourth-order valence-corrected chi connectivity index (χ4v) is 2.16. The molecule has 0 saturated carbocycles. The molecule has 0 fully saturated rings. The van der Waals surface area contributed by atoms with Crippen LogP contribution in [0, 0.1) is 0 Å². The fraction of sp³-hybridized carbons (Fsp3) is 0.188. The Morgan fingerprint density at radius 1 is 1.00 bits per heavy atom. The predicted octanol–water partition coefficient (Wildman–Crippen LogP) is 3.08. The van der Waals surface area contributed by atoms with Gasteiger partial charge in [0.1, 0.15) is 11.4 Å². The topological polar surface area (TPSA) is 29.8 Å². The maximum atomic E-state index is 5.23. The first-order chi connectivity index (χ1) is 9.67. The molecule has 2 heterocycles. The van der Waals surface area contributed by atoms with Crippen molar-refractivity contribution in [2.45, 2.75) is 0 Å². The molecular weight excluding hydrogens is 250 g/mol. The molecule has 0 saturated heterocycles. The number of pyridine rings is 1. The van der Waals surface area contributed by atoms with Gasteiger partial charge in [0, 0.05) is 31.5 Å². The molecule has 4 heteroatoms. The number of aromatic nitrogens is 2. The van der Waals surface area contributed by atoms with Crippen LogP contribution >= 0.6 is 0 Å². The van der Waals surface area contributed by atoms with Gasteiger partial charge in [0.15, 0.2) is 0 Å². The van der Waals surface area contributed by atoms with Crippen LogP contribution in [0.1, 0.15) is 0 Å². The molecule has 0 aliphatic heterocycles. The van der Waals surface area contributed by atoms with E-state index in [9.17, 15) is 0 Å². The van der Waals surface area contributed by atoms with Crippen LogP contribution in [-0.4, -0.2) is 30.6 Å². The standard InChI is InChI=1S/C16H17N3O/c1-18(2)13-6-4-12(5-7-13)15-11-19-10-14(20-3)8-9-16(19)17-15/h4-11H,1-3H3. The van der Waals surface area contributed by atoms with E-state index >= 15 is 0 Å². The second kappa shape index (κ2) is 4.89. The maximum Gasteiger partial charge on any atom is 0.137 e. The van der Waals surface area contributed by atoms with E-state index in [1.165, 1.54) is 5.69 Å². The molecule has 1 aromatic carbocycles. The van der Waals surface area contributed by atoms with Gasteiger partial charge < -0.3 is 14.0 Å². The van der Waals surface area contributed by atoms with Crippen molar-refractivity contribution < 1.29 is 4.74 Å². The molecule has 0 spiro atoms. The lowest BCUT2D eigenvalue weighted by Crippen LogP contribution is -2.07. The number of fused-ring (bicyclic) bond motifs is 1. The summed E-state index contributed by atoms with van der Waals surface area (Å²) in [7, 11) is 5.73. The zero-order valence-electron chi connectivity index (χ0n) is 11.9. The zero-order valence-corrected chi connectivity index (χ0v) is 11.9.